The highest BCUT2D eigenvalue weighted by Gasteiger charge is 2.65. The molecule has 172 valence electrons. The van der Waals surface area contributed by atoms with Crippen LogP contribution in [0.1, 0.15) is 71.6 Å². The van der Waals surface area contributed by atoms with Gasteiger partial charge in [-0.05, 0) is 74.0 Å². The Morgan fingerprint density at radius 2 is 1.68 bits per heavy atom. The van der Waals surface area contributed by atoms with Crippen LogP contribution in [0.15, 0.2) is 11.6 Å². The average Bonchev–Trinajstić information content (AvgIpc) is 3.48. The Balaban J connectivity index is 1.32. The molecule has 0 aromatic heterocycles. The summed E-state index contributed by atoms with van der Waals surface area (Å²) >= 11 is 0. The zero-order valence-corrected chi connectivity index (χ0v) is 19.2. The van der Waals surface area contributed by atoms with Crippen LogP contribution in [0.2, 0.25) is 0 Å². The molecule has 0 N–H and O–H groups in total. The number of aldehydes is 1. The second-order valence-electron chi connectivity index (χ2n) is 11.5. The summed E-state index contributed by atoms with van der Waals surface area (Å²) in [4.78, 5) is 11.9. The van der Waals surface area contributed by atoms with Gasteiger partial charge in [-0.3, -0.25) is 0 Å². The van der Waals surface area contributed by atoms with E-state index in [9.17, 15) is 4.79 Å². The van der Waals surface area contributed by atoms with Gasteiger partial charge in [-0.15, -0.1) is 0 Å². The molecular weight excluding hydrogens is 392 g/mol. The number of hydrogen-bond acceptors (Lipinski definition) is 5. The third-order valence-corrected chi connectivity index (χ3v) is 10.6. The lowest BCUT2D eigenvalue weighted by Crippen LogP contribution is -2.55. The summed E-state index contributed by atoms with van der Waals surface area (Å²) in [5.74, 6) is 1.42. The lowest BCUT2D eigenvalue weighted by molar-refractivity contribution is -0.220. The normalized spacial score (nSPS) is 47.5. The molecule has 0 aromatic carbocycles. The summed E-state index contributed by atoms with van der Waals surface area (Å²) < 4.78 is 24.5. The molecule has 6 atom stereocenters. The summed E-state index contributed by atoms with van der Waals surface area (Å²) in [5.41, 5.74) is 1.87. The predicted octanol–water partition coefficient (Wildman–Crippen LogP) is 4.64. The van der Waals surface area contributed by atoms with E-state index < -0.39 is 5.79 Å². The molecule has 3 saturated carbocycles. The molecule has 1 spiro atoms. The van der Waals surface area contributed by atoms with Crippen molar-refractivity contribution in [2.24, 2.45) is 34.5 Å². The highest BCUT2D eigenvalue weighted by Crippen LogP contribution is 2.69. The third-order valence-electron chi connectivity index (χ3n) is 10.6. The molecule has 2 saturated heterocycles. The van der Waals surface area contributed by atoms with E-state index in [1.807, 2.05) is 0 Å². The molecule has 2 heterocycles. The Morgan fingerprint density at radius 1 is 0.935 bits per heavy atom. The predicted molar refractivity (Wildman–Crippen MR) is 115 cm³/mol. The first kappa shape index (κ1) is 20.8. The third kappa shape index (κ3) is 2.85. The highest BCUT2D eigenvalue weighted by molar-refractivity contribution is 5.51. The van der Waals surface area contributed by atoms with Crippen LogP contribution >= 0.6 is 0 Å². The van der Waals surface area contributed by atoms with Crippen molar-refractivity contribution < 1.29 is 23.7 Å². The Kier molecular flexibility index (Phi) is 4.79. The summed E-state index contributed by atoms with van der Waals surface area (Å²) in [6, 6.07) is 0. The Labute approximate surface area is 186 Å². The molecule has 5 heteroatoms. The fourth-order valence-corrected chi connectivity index (χ4v) is 9.23. The molecule has 0 bridgehead atoms. The van der Waals surface area contributed by atoms with Crippen LogP contribution < -0.4 is 0 Å². The number of carbonyl (C=O) groups is 1. The molecule has 5 fully saturated rings. The molecule has 0 amide bonds. The first-order valence-corrected chi connectivity index (χ1v) is 12.6. The molecule has 2 aliphatic heterocycles. The number of ether oxygens (including phenoxy) is 4. The minimum atomic E-state index is -0.515. The van der Waals surface area contributed by atoms with Crippen molar-refractivity contribution >= 4 is 6.29 Å². The largest absolute Gasteiger partial charge is 0.348 e. The molecule has 6 rings (SSSR count). The Hall–Kier alpha value is -0.750. The summed E-state index contributed by atoms with van der Waals surface area (Å²) in [7, 11) is 0. The average molecular weight is 431 g/mol. The van der Waals surface area contributed by atoms with Gasteiger partial charge in [0.15, 0.2) is 11.6 Å². The van der Waals surface area contributed by atoms with Gasteiger partial charge in [0, 0.05) is 25.2 Å². The minimum absolute atomic E-state index is 0.0390. The molecule has 5 nitrogen and oxygen atoms in total. The quantitative estimate of drug-likeness (QED) is 0.482. The van der Waals surface area contributed by atoms with Crippen molar-refractivity contribution in [1.29, 1.82) is 0 Å². The maximum absolute atomic E-state index is 11.9. The first-order valence-electron chi connectivity index (χ1n) is 12.6. The Bertz CT molecular complexity index is 764. The number of allylic oxidation sites excluding steroid dienone is 1. The van der Waals surface area contributed by atoms with Gasteiger partial charge in [-0.2, -0.15) is 0 Å². The number of rotatable bonds is 3. The smallest absolute Gasteiger partial charge is 0.172 e. The van der Waals surface area contributed by atoms with Gasteiger partial charge in [-0.25, -0.2) is 0 Å². The summed E-state index contributed by atoms with van der Waals surface area (Å²) in [6.07, 6.45) is 13.3. The number of carbonyl (C=O) groups excluding carboxylic acids is 1. The van der Waals surface area contributed by atoms with Gasteiger partial charge < -0.3 is 23.7 Å². The number of fused-ring (bicyclic) bond motifs is 5. The lowest BCUT2D eigenvalue weighted by atomic mass is 9.46. The number of hydrogen-bond donors (Lipinski definition) is 0. The topological polar surface area (TPSA) is 54.0 Å². The van der Waals surface area contributed by atoms with Gasteiger partial charge in [0.1, 0.15) is 6.29 Å². The van der Waals surface area contributed by atoms with E-state index in [4.69, 9.17) is 18.9 Å². The van der Waals surface area contributed by atoms with Crippen molar-refractivity contribution in [3.8, 4) is 0 Å². The zero-order chi connectivity index (χ0) is 21.3. The van der Waals surface area contributed by atoms with E-state index in [0.29, 0.717) is 43.3 Å². The van der Waals surface area contributed by atoms with Gasteiger partial charge in [0.2, 0.25) is 0 Å². The van der Waals surface area contributed by atoms with Crippen LogP contribution in [0.3, 0.4) is 0 Å². The van der Waals surface area contributed by atoms with Crippen LogP contribution in [0.25, 0.3) is 0 Å². The van der Waals surface area contributed by atoms with Gasteiger partial charge in [0.25, 0.3) is 0 Å². The van der Waals surface area contributed by atoms with Crippen LogP contribution in [0.5, 0.6) is 0 Å². The van der Waals surface area contributed by atoms with Crippen molar-refractivity contribution in [2.45, 2.75) is 83.2 Å². The molecule has 4 aliphatic carbocycles. The van der Waals surface area contributed by atoms with E-state index in [1.54, 1.807) is 5.57 Å². The molecule has 1 unspecified atom stereocenters. The Morgan fingerprint density at radius 3 is 2.42 bits per heavy atom. The van der Waals surface area contributed by atoms with Gasteiger partial charge >= 0.3 is 0 Å². The molecule has 0 aromatic rings. The summed E-state index contributed by atoms with van der Waals surface area (Å²) in [5, 5.41) is 0. The van der Waals surface area contributed by atoms with Crippen molar-refractivity contribution in [1.82, 2.24) is 0 Å². The van der Waals surface area contributed by atoms with Crippen molar-refractivity contribution in [3.63, 3.8) is 0 Å². The fraction of sp³-hybridized carbons (Fsp3) is 0.885. The van der Waals surface area contributed by atoms with Crippen LogP contribution in [0.4, 0.5) is 0 Å². The van der Waals surface area contributed by atoms with Crippen LogP contribution in [-0.2, 0) is 23.7 Å². The second-order valence-corrected chi connectivity index (χ2v) is 11.5. The monoisotopic (exact) mass is 430 g/mol. The summed E-state index contributed by atoms with van der Waals surface area (Å²) in [6.45, 7) is 7.47. The van der Waals surface area contributed by atoms with Gasteiger partial charge in [-0.1, -0.05) is 18.6 Å². The van der Waals surface area contributed by atoms with E-state index >= 15 is 0 Å². The lowest BCUT2D eigenvalue weighted by Gasteiger charge is -2.60. The first-order chi connectivity index (χ1) is 14.9. The highest BCUT2D eigenvalue weighted by atomic mass is 16.7. The fourth-order valence-electron chi connectivity index (χ4n) is 9.23. The second kappa shape index (κ2) is 7.12. The maximum Gasteiger partial charge on any atom is 0.172 e. The van der Waals surface area contributed by atoms with Crippen molar-refractivity contribution in [2.75, 3.05) is 26.4 Å². The van der Waals surface area contributed by atoms with Crippen LogP contribution in [-0.4, -0.2) is 44.3 Å². The van der Waals surface area contributed by atoms with Crippen molar-refractivity contribution in [3.05, 3.63) is 11.6 Å². The standard InChI is InChI=1S/C26H38O5/c1-23-9-10-26(30-15-16-31-26)17-18(23)3-4-19-20(23)7-8-25(11-12-27)21(19)5-6-22(25)24(2)28-13-14-29-24/h3,12,19-22H,4-11,13-17H2,1-2H3/t19-,20-,21+,22-,23-,25?/m1/s1. The molecule has 0 radical (unpaired) electrons. The van der Waals surface area contributed by atoms with Crippen LogP contribution in [0, 0.1) is 34.5 Å². The van der Waals surface area contributed by atoms with E-state index in [0.717, 1.165) is 51.7 Å². The van der Waals surface area contributed by atoms with Gasteiger partial charge in [0.05, 0.1) is 26.4 Å². The van der Waals surface area contributed by atoms with E-state index in [-0.39, 0.29) is 16.6 Å². The van der Waals surface area contributed by atoms with E-state index in [2.05, 4.69) is 19.9 Å². The SMILES string of the molecule is CC1([C@H]2CC[C@H]3[C@@H]4CC=C5CC6(CC[C@@]5(C)[C@@H]4CCC23CC=O)OCCO6)OCCO1. The zero-order valence-electron chi connectivity index (χ0n) is 19.2. The molecule has 31 heavy (non-hydrogen) atoms. The maximum atomic E-state index is 11.9. The minimum Gasteiger partial charge on any atom is -0.348 e. The molecule has 6 aliphatic rings. The van der Waals surface area contributed by atoms with E-state index in [1.165, 1.54) is 19.1 Å². The molecular formula is C26H38O5.